The van der Waals surface area contributed by atoms with Gasteiger partial charge in [0.25, 0.3) is 11.5 Å². The van der Waals surface area contributed by atoms with E-state index in [1.54, 1.807) is 6.08 Å². The standard InChI is InChI=1S/C22H17F3N2O2/c1-2-19(15-7-4-3-5-8-15)26-21(28)16-9-6-10-27(22(16)29)13-14-11-17(23)20(25)18(24)12-14/h2-12,19H,1,13H2,(H,26,28)/t19-/m0/s1. The smallest absolute Gasteiger partial charge is 0.263 e. The number of benzene rings is 2. The van der Waals surface area contributed by atoms with Crippen LogP contribution in [0.1, 0.15) is 27.5 Å². The lowest BCUT2D eigenvalue weighted by Crippen LogP contribution is -2.34. The van der Waals surface area contributed by atoms with Crippen molar-refractivity contribution >= 4 is 5.91 Å². The Morgan fingerprint density at radius 1 is 1.07 bits per heavy atom. The Balaban J connectivity index is 1.85. The molecule has 3 rings (SSSR count). The highest BCUT2D eigenvalue weighted by Crippen LogP contribution is 2.15. The Morgan fingerprint density at radius 3 is 2.34 bits per heavy atom. The summed E-state index contributed by atoms with van der Waals surface area (Å²) in [5.74, 6) is -4.89. The number of aromatic nitrogens is 1. The molecule has 0 spiro atoms. The normalized spacial score (nSPS) is 11.7. The topological polar surface area (TPSA) is 51.1 Å². The van der Waals surface area contributed by atoms with E-state index in [2.05, 4.69) is 11.9 Å². The van der Waals surface area contributed by atoms with Crippen LogP contribution in [0.15, 0.2) is 78.2 Å². The summed E-state index contributed by atoms with van der Waals surface area (Å²) in [5.41, 5.74) is 0.0584. The summed E-state index contributed by atoms with van der Waals surface area (Å²) in [6.07, 6.45) is 2.92. The molecule has 0 bridgehead atoms. The first kappa shape index (κ1) is 20.1. The van der Waals surface area contributed by atoms with Gasteiger partial charge in [-0.1, -0.05) is 36.4 Å². The third-order valence-corrected chi connectivity index (χ3v) is 4.34. The van der Waals surface area contributed by atoms with Crippen LogP contribution in [0.3, 0.4) is 0 Å². The SMILES string of the molecule is C=C[C@H](NC(=O)c1cccn(Cc2cc(F)c(F)c(F)c2)c1=O)c1ccccc1. The van der Waals surface area contributed by atoms with Crippen molar-refractivity contribution in [2.75, 3.05) is 0 Å². The molecule has 3 aromatic rings. The van der Waals surface area contributed by atoms with Crippen LogP contribution in [0.2, 0.25) is 0 Å². The number of carbonyl (C=O) groups is 1. The minimum Gasteiger partial charge on any atom is -0.342 e. The van der Waals surface area contributed by atoms with Crippen LogP contribution in [0.4, 0.5) is 13.2 Å². The minimum absolute atomic E-state index is 0.0503. The van der Waals surface area contributed by atoms with Crippen molar-refractivity contribution < 1.29 is 18.0 Å². The summed E-state index contributed by atoms with van der Waals surface area (Å²) >= 11 is 0. The van der Waals surface area contributed by atoms with Crippen LogP contribution in [0, 0.1) is 17.5 Å². The summed E-state index contributed by atoms with van der Waals surface area (Å²) in [6.45, 7) is 3.48. The van der Waals surface area contributed by atoms with E-state index in [1.807, 2.05) is 30.3 Å². The fraction of sp³-hybridized carbons (Fsp3) is 0.0909. The van der Waals surface area contributed by atoms with Crippen LogP contribution in [-0.4, -0.2) is 10.5 Å². The average Bonchev–Trinajstić information content (AvgIpc) is 2.72. The van der Waals surface area contributed by atoms with Gasteiger partial charge in [-0.05, 0) is 35.4 Å². The molecule has 1 N–H and O–H groups in total. The number of hydrogen-bond donors (Lipinski definition) is 1. The van der Waals surface area contributed by atoms with Crippen LogP contribution in [0.5, 0.6) is 0 Å². The van der Waals surface area contributed by atoms with Crippen LogP contribution in [-0.2, 0) is 6.54 Å². The fourth-order valence-corrected chi connectivity index (χ4v) is 2.89. The first-order valence-corrected chi connectivity index (χ1v) is 8.72. The number of halogens is 3. The van der Waals surface area contributed by atoms with Gasteiger partial charge in [-0.2, -0.15) is 0 Å². The van der Waals surface area contributed by atoms with Gasteiger partial charge in [-0.25, -0.2) is 13.2 Å². The molecule has 4 nitrogen and oxygen atoms in total. The van der Waals surface area contributed by atoms with E-state index in [0.717, 1.165) is 22.3 Å². The monoisotopic (exact) mass is 398 g/mol. The lowest BCUT2D eigenvalue weighted by Gasteiger charge is -2.15. The van der Waals surface area contributed by atoms with Gasteiger partial charge in [0.05, 0.1) is 12.6 Å². The Morgan fingerprint density at radius 2 is 1.72 bits per heavy atom. The van der Waals surface area contributed by atoms with Crippen LogP contribution < -0.4 is 10.9 Å². The van der Waals surface area contributed by atoms with Gasteiger partial charge in [0.2, 0.25) is 0 Å². The summed E-state index contributed by atoms with van der Waals surface area (Å²) in [6, 6.07) is 13.0. The molecule has 0 saturated carbocycles. The van der Waals surface area contributed by atoms with E-state index < -0.39 is 35.0 Å². The van der Waals surface area contributed by atoms with Gasteiger partial charge in [-0.3, -0.25) is 9.59 Å². The summed E-state index contributed by atoms with van der Waals surface area (Å²) in [4.78, 5) is 25.3. The van der Waals surface area contributed by atoms with E-state index >= 15 is 0 Å². The zero-order chi connectivity index (χ0) is 21.0. The van der Waals surface area contributed by atoms with Crippen molar-refractivity contribution in [3.05, 3.63) is 118 Å². The van der Waals surface area contributed by atoms with Crippen molar-refractivity contribution in [1.82, 2.24) is 9.88 Å². The lowest BCUT2D eigenvalue weighted by molar-refractivity contribution is 0.0942. The minimum atomic E-state index is -1.58. The molecule has 0 aliphatic carbocycles. The zero-order valence-electron chi connectivity index (χ0n) is 15.2. The average molecular weight is 398 g/mol. The molecule has 7 heteroatoms. The zero-order valence-corrected chi connectivity index (χ0v) is 15.2. The van der Waals surface area contributed by atoms with Gasteiger partial charge in [0.15, 0.2) is 17.5 Å². The van der Waals surface area contributed by atoms with Crippen molar-refractivity contribution in [3.8, 4) is 0 Å². The quantitative estimate of drug-likeness (QED) is 0.505. The lowest BCUT2D eigenvalue weighted by atomic mass is 10.1. The molecule has 29 heavy (non-hydrogen) atoms. The molecule has 148 valence electrons. The first-order chi connectivity index (χ1) is 13.9. The molecule has 0 aliphatic heterocycles. The fourth-order valence-electron chi connectivity index (χ4n) is 2.89. The van der Waals surface area contributed by atoms with Crippen LogP contribution in [0.25, 0.3) is 0 Å². The largest absolute Gasteiger partial charge is 0.342 e. The van der Waals surface area contributed by atoms with Crippen molar-refractivity contribution in [2.45, 2.75) is 12.6 Å². The van der Waals surface area contributed by atoms with Gasteiger partial charge < -0.3 is 9.88 Å². The van der Waals surface area contributed by atoms with Gasteiger partial charge >= 0.3 is 0 Å². The predicted molar refractivity (Wildman–Crippen MR) is 103 cm³/mol. The summed E-state index contributed by atoms with van der Waals surface area (Å²) in [5, 5.41) is 2.72. The number of rotatable bonds is 6. The second kappa shape index (κ2) is 8.60. The van der Waals surface area contributed by atoms with E-state index in [9.17, 15) is 22.8 Å². The Bertz CT molecular complexity index is 1090. The molecule has 2 aromatic carbocycles. The first-order valence-electron chi connectivity index (χ1n) is 8.72. The van der Waals surface area contributed by atoms with Crippen molar-refractivity contribution in [2.24, 2.45) is 0 Å². The molecule has 0 fully saturated rings. The van der Waals surface area contributed by atoms with Crippen molar-refractivity contribution in [1.29, 1.82) is 0 Å². The van der Waals surface area contributed by atoms with E-state index in [4.69, 9.17) is 0 Å². The third kappa shape index (κ3) is 4.45. The molecule has 0 aliphatic rings. The van der Waals surface area contributed by atoms with E-state index in [-0.39, 0.29) is 17.7 Å². The molecular formula is C22H17F3N2O2. The number of carbonyl (C=O) groups excluding carboxylic acids is 1. The molecule has 1 amide bonds. The number of hydrogen-bond acceptors (Lipinski definition) is 2. The molecule has 1 heterocycles. The maximum absolute atomic E-state index is 13.4. The van der Waals surface area contributed by atoms with Crippen LogP contribution >= 0.6 is 0 Å². The molecule has 1 aromatic heterocycles. The predicted octanol–water partition coefficient (Wildman–Crippen LogP) is 3.97. The maximum atomic E-state index is 13.4. The van der Waals surface area contributed by atoms with Gasteiger partial charge in [-0.15, -0.1) is 6.58 Å². The molecule has 0 unspecified atom stereocenters. The Labute approximate surface area is 164 Å². The number of amides is 1. The summed E-state index contributed by atoms with van der Waals surface area (Å²) in [7, 11) is 0. The number of nitrogens with zero attached hydrogens (tertiary/aromatic N) is 1. The molecule has 0 saturated heterocycles. The Kier molecular flexibility index (Phi) is 5.97. The number of pyridine rings is 1. The highest BCUT2D eigenvalue weighted by Gasteiger charge is 2.17. The second-order valence-electron chi connectivity index (χ2n) is 6.33. The van der Waals surface area contributed by atoms with Crippen molar-refractivity contribution in [3.63, 3.8) is 0 Å². The highest BCUT2D eigenvalue weighted by molar-refractivity contribution is 5.94. The second-order valence-corrected chi connectivity index (χ2v) is 6.33. The summed E-state index contributed by atoms with van der Waals surface area (Å²) < 4.78 is 41.1. The molecule has 1 atom stereocenters. The maximum Gasteiger partial charge on any atom is 0.263 e. The number of nitrogens with one attached hydrogen (secondary N) is 1. The van der Waals surface area contributed by atoms with E-state index in [0.29, 0.717) is 0 Å². The molecular weight excluding hydrogens is 381 g/mol. The third-order valence-electron chi connectivity index (χ3n) is 4.34. The van der Waals surface area contributed by atoms with Gasteiger partial charge in [0.1, 0.15) is 5.56 Å². The highest BCUT2D eigenvalue weighted by atomic mass is 19.2. The van der Waals surface area contributed by atoms with E-state index in [1.165, 1.54) is 18.3 Å². The van der Waals surface area contributed by atoms with Gasteiger partial charge in [0, 0.05) is 6.20 Å². The Hall–Kier alpha value is -3.61. The molecule has 0 radical (unpaired) electrons.